The standard InChI is InChI=1S/C19H30NO2Si.Li/c1-15(2)20(16(3)4)19(21)22-18(23(5,6)7)14-13-17-11-9-8-10-12-17;/h8-16H,1-7H3;/q-1;+1/b14-13+;. The minimum atomic E-state index is -1.76. The number of nitrogens with zero attached hydrogens (tertiary/aromatic N) is 1. The molecule has 24 heavy (non-hydrogen) atoms. The van der Waals surface area contributed by atoms with Gasteiger partial charge in [-0.1, -0.05) is 55.7 Å². The first-order valence-corrected chi connectivity index (χ1v) is 11.7. The molecule has 0 bridgehead atoms. The Morgan fingerprint density at radius 3 is 2.00 bits per heavy atom. The van der Waals surface area contributed by atoms with Crippen molar-refractivity contribution in [3.05, 3.63) is 47.7 Å². The summed E-state index contributed by atoms with van der Waals surface area (Å²) < 4.78 is 5.80. The van der Waals surface area contributed by atoms with Crippen molar-refractivity contribution in [1.29, 1.82) is 0 Å². The van der Waals surface area contributed by atoms with Gasteiger partial charge in [-0.25, -0.2) is 4.79 Å². The zero-order chi connectivity index (χ0) is 17.6. The number of hydrogen-bond acceptors (Lipinski definition) is 2. The van der Waals surface area contributed by atoms with Crippen LogP contribution >= 0.6 is 0 Å². The van der Waals surface area contributed by atoms with Crippen molar-refractivity contribution in [2.45, 2.75) is 59.4 Å². The summed E-state index contributed by atoms with van der Waals surface area (Å²) in [5, 5.41) is 0. The van der Waals surface area contributed by atoms with Gasteiger partial charge >= 0.3 is 25.0 Å². The minimum absolute atomic E-state index is 0. The number of carbonyl (C=O) groups is 1. The average molecular weight is 339 g/mol. The summed E-state index contributed by atoms with van der Waals surface area (Å²) >= 11 is 0. The van der Waals surface area contributed by atoms with Crippen LogP contribution in [0.3, 0.4) is 0 Å². The number of rotatable bonds is 6. The molecule has 1 aromatic carbocycles. The van der Waals surface area contributed by atoms with E-state index in [2.05, 4.69) is 19.6 Å². The van der Waals surface area contributed by atoms with Gasteiger partial charge in [0.2, 0.25) is 0 Å². The van der Waals surface area contributed by atoms with Crippen LogP contribution in [0, 0.1) is 5.73 Å². The monoisotopic (exact) mass is 339 g/mol. The van der Waals surface area contributed by atoms with Crippen LogP contribution in [-0.2, 0) is 4.74 Å². The third-order valence-electron chi connectivity index (χ3n) is 3.49. The summed E-state index contributed by atoms with van der Waals surface area (Å²) in [4.78, 5) is 14.3. The summed E-state index contributed by atoms with van der Waals surface area (Å²) in [6, 6.07) is 10.3. The first-order chi connectivity index (χ1) is 10.6. The van der Waals surface area contributed by atoms with Crippen LogP contribution < -0.4 is 18.9 Å². The molecule has 3 nitrogen and oxygen atoms in total. The van der Waals surface area contributed by atoms with Crippen LogP contribution in [0.25, 0.3) is 6.08 Å². The molecule has 0 aliphatic heterocycles. The number of amides is 1. The van der Waals surface area contributed by atoms with Gasteiger partial charge in [0.25, 0.3) is 0 Å². The van der Waals surface area contributed by atoms with Gasteiger partial charge in [-0.05, 0) is 27.7 Å². The number of hydrogen-bond donors (Lipinski definition) is 0. The van der Waals surface area contributed by atoms with E-state index < -0.39 is 8.07 Å². The predicted octanol–water partition coefficient (Wildman–Crippen LogP) is 2.37. The fourth-order valence-corrected chi connectivity index (χ4v) is 3.31. The first-order valence-electron chi connectivity index (χ1n) is 8.23. The topological polar surface area (TPSA) is 29.5 Å². The van der Waals surface area contributed by atoms with Crippen molar-refractivity contribution >= 4 is 20.2 Å². The molecular weight excluding hydrogens is 309 g/mol. The van der Waals surface area contributed by atoms with Crippen LogP contribution in [0.15, 0.2) is 36.4 Å². The Bertz CT molecular complexity index is 516. The molecule has 0 unspecified atom stereocenters. The second kappa shape index (κ2) is 10.0. The Labute approximate surface area is 160 Å². The number of carbonyl (C=O) groups excluding carboxylic acids is 1. The molecule has 0 radical (unpaired) electrons. The van der Waals surface area contributed by atoms with Gasteiger partial charge in [-0.2, -0.15) is 12.2 Å². The minimum Gasteiger partial charge on any atom is -0.511 e. The molecule has 0 aliphatic carbocycles. The second-order valence-electron chi connectivity index (χ2n) is 7.32. The van der Waals surface area contributed by atoms with Gasteiger partial charge in [0, 0.05) is 20.2 Å². The maximum Gasteiger partial charge on any atom is 1.00 e. The van der Waals surface area contributed by atoms with Gasteiger partial charge in [-0.3, -0.25) is 0 Å². The Kier molecular flexibility index (Phi) is 9.58. The van der Waals surface area contributed by atoms with Crippen LogP contribution in [0.4, 0.5) is 4.79 Å². The molecule has 0 saturated heterocycles. The normalized spacial score (nSPS) is 11.5. The maximum atomic E-state index is 12.6. The third kappa shape index (κ3) is 7.21. The van der Waals surface area contributed by atoms with Gasteiger partial charge < -0.3 is 9.64 Å². The molecule has 1 aromatic rings. The Morgan fingerprint density at radius 1 is 1.08 bits per heavy atom. The van der Waals surface area contributed by atoms with Crippen LogP contribution in [-0.4, -0.2) is 31.2 Å². The van der Waals surface area contributed by atoms with E-state index in [1.807, 2.05) is 70.2 Å². The SMILES string of the molecule is CC(C)N(C(=O)O[C-](/C=C/c1ccccc1)[Si](C)(C)C)C(C)C.[Li+]. The fourth-order valence-electron chi connectivity index (χ4n) is 2.34. The maximum absolute atomic E-state index is 12.6. The average Bonchev–Trinajstić information content (AvgIpc) is 2.42. The van der Waals surface area contributed by atoms with Gasteiger partial charge in [0.05, 0.1) is 0 Å². The summed E-state index contributed by atoms with van der Waals surface area (Å²) in [6.07, 6.45) is 3.71. The number of benzene rings is 1. The molecular formula is C19H30LiNO2Si. The van der Waals surface area contributed by atoms with Gasteiger partial charge in [0.15, 0.2) is 0 Å². The van der Waals surface area contributed by atoms with E-state index in [4.69, 9.17) is 4.74 Å². The quantitative estimate of drug-likeness (QED) is 0.588. The molecule has 0 spiro atoms. The van der Waals surface area contributed by atoms with Crippen molar-refractivity contribution in [3.8, 4) is 0 Å². The smallest absolute Gasteiger partial charge is 0.511 e. The molecule has 1 rings (SSSR count). The molecule has 128 valence electrons. The molecule has 0 atom stereocenters. The zero-order valence-electron chi connectivity index (χ0n) is 16.5. The second-order valence-corrected chi connectivity index (χ2v) is 12.3. The van der Waals surface area contributed by atoms with E-state index in [0.717, 1.165) is 11.3 Å². The van der Waals surface area contributed by atoms with E-state index in [1.54, 1.807) is 4.90 Å². The van der Waals surface area contributed by atoms with Crippen molar-refractivity contribution < 1.29 is 28.4 Å². The van der Waals surface area contributed by atoms with Crippen molar-refractivity contribution in [3.63, 3.8) is 0 Å². The van der Waals surface area contributed by atoms with E-state index >= 15 is 0 Å². The summed E-state index contributed by atoms with van der Waals surface area (Å²) in [5.41, 5.74) is 1.90. The van der Waals surface area contributed by atoms with Crippen LogP contribution in [0.1, 0.15) is 33.3 Å². The Balaban J connectivity index is 0.00000529. The van der Waals surface area contributed by atoms with E-state index in [1.165, 1.54) is 0 Å². The molecule has 5 heteroatoms. The van der Waals surface area contributed by atoms with Gasteiger partial charge in [0.1, 0.15) is 0 Å². The molecule has 0 aromatic heterocycles. The molecule has 1 amide bonds. The largest absolute Gasteiger partial charge is 1.00 e. The molecule has 0 fully saturated rings. The molecule has 0 saturated carbocycles. The van der Waals surface area contributed by atoms with Crippen LogP contribution in [0.2, 0.25) is 19.6 Å². The molecule has 0 heterocycles. The van der Waals surface area contributed by atoms with Crippen molar-refractivity contribution in [2.75, 3.05) is 0 Å². The summed E-state index contributed by atoms with van der Waals surface area (Å²) in [7, 11) is -1.76. The predicted molar refractivity (Wildman–Crippen MR) is 101 cm³/mol. The Hall–Kier alpha value is -1.09. The van der Waals surface area contributed by atoms with Gasteiger partial charge in [-0.15, -0.1) is 5.56 Å². The third-order valence-corrected chi connectivity index (χ3v) is 5.23. The van der Waals surface area contributed by atoms with E-state index in [9.17, 15) is 4.79 Å². The molecule has 0 aliphatic rings. The zero-order valence-corrected chi connectivity index (χ0v) is 17.5. The summed E-state index contributed by atoms with van der Waals surface area (Å²) in [6.45, 7) is 14.6. The van der Waals surface area contributed by atoms with Crippen molar-refractivity contribution in [1.82, 2.24) is 4.90 Å². The van der Waals surface area contributed by atoms with E-state index in [0.29, 0.717) is 0 Å². The summed E-state index contributed by atoms with van der Waals surface area (Å²) in [5.74, 6) is 0. The number of ether oxygens (including phenoxy) is 1. The van der Waals surface area contributed by atoms with Crippen LogP contribution in [0.5, 0.6) is 0 Å². The van der Waals surface area contributed by atoms with E-state index in [-0.39, 0.29) is 37.0 Å². The first kappa shape index (κ1) is 22.9. The van der Waals surface area contributed by atoms with Crippen molar-refractivity contribution in [2.24, 2.45) is 0 Å². The molecule has 0 N–H and O–H groups in total. The fraction of sp³-hybridized carbons (Fsp3) is 0.474. The Morgan fingerprint density at radius 2 is 1.58 bits per heavy atom.